The predicted octanol–water partition coefficient (Wildman–Crippen LogP) is 4.27. The van der Waals surface area contributed by atoms with Gasteiger partial charge >= 0.3 is 12.6 Å². The fourth-order valence-corrected chi connectivity index (χ4v) is 3.00. The number of imide groups is 1. The first-order valence-corrected chi connectivity index (χ1v) is 9.82. The number of ether oxygens (including phenoxy) is 2. The number of carbonyl (C=O) groups is 2. The van der Waals surface area contributed by atoms with Gasteiger partial charge in [-0.2, -0.15) is 13.9 Å². The van der Waals surface area contributed by atoms with Crippen LogP contribution in [0.15, 0.2) is 53.6 Å². The van der Waals surface area contributed by atoms with Gasteiger partial charge in [-0.25, -0.2) is 4.79 Å². The van der Waals surface area contributed by atoms with Crippen LogP contribution in [0.25, 0.3) is 0 Å². The molecule has 0 aromatic heterocycles. The molecule has 31 heavy (non-hydrogen) atoms. The van der Waals surface area contributed by atoms with Crippen molar-refractivity contribution in [1.29, 1.82) is 0 Å². The smallest absolute Gasteiger partial charge is 0.387 e. The Balaban J connectivity index is 1.69. The summed E-state index contributed by atoms with van der Waals surface area (Å²) < 4.78 is 34.5. The fraction of sp³-hybridized carbons (Fsp3) is 0.318. The Morgan fingerprint density at radius 1 is 1.10 bits per heavy atom. The standard InChI is InChI=1S/C22H23F2N3O4/c1-3-4-13-30-17-9-5-15(6-10-17)14-25-27-19(28)22(2,26-21(27)29)16-7-11-18(12-8-16)31-20(23)24/h5-12,14,20H,3-4,13H2,1-2H3,(H,26,29)/b25-14+. The number of halogens is 2. The Hall–Kier alpha value is -3.49. The molecule has 3 rings (SSSR count). The maximum Gasteiger partial charge on any atom is 0.387 e. The van der Waals surface area contributed by atoms with Crippen LogP contribution >= 0.6 is 0 Å². The average molecular weight is 431 g/mol. The van der Waals surface area contributed by atoms with Crippen LogP contribution in [0.4, 0.5) is 13.6 Å². The van der Waals surface area contributed by atoms with E-state index in [-0.39, 0.29) is 5.75 Å². The molecule has 1 unspecified atom stereocenters. The lowest BCUT2D eigenvalue weighted by Gasteiger charge is -2.21. The van der Waals surface area contributed by atoms with Gasteiger partial charge in [-0.05, 0) is 60.9 Å². The molecule has 1 N–H and O–H groups in total. The van der Waals surface area contributed by atoms with Crippen LogP contribution in [0.5, 0.6) is 11.5 Å². The molecular weight excluding hydrogens is 408 g/mol. The lowest BCUT2D eigenvalue weighted by molar-refractivity contribution is -0.131. The van der Waals surface area contributed by atoms with Gasteiger partial charge in [0.25, 0.3) is 5.91 Å². The van der Waals surface area contributed by atoms with Crippen LogP contribution in [0.1, 0.15) is 37.8 Å². The molecule has 0 radical (unpaired) electrons. The van der Waals surface area contributed by atoms with Crippen molar-refractivity contribution in [2.75, 3.05) is 6.61 Å². The number of nitrogens with zero attached hydrogens (tertiary/aromatic N) is 2. The van der Waals surface area contributed by atoms with Crippen LogP contribution in [-0.2, 0) is 10.3 Å². The molecule has 1 aliphatic heterocycles. The minimum absolute atomic E-state index is 0.0453. The summed E-state index contributed by atoms with van der Waals surface area (Å²) in [4.78, 5) is 25.2. The van der Waals surface area contributed by atoms with E-state index in [1.807, 2.05) is 0 Å². The molecular formula is C22H23F2N3O4. The Kier molecular flexibility index (Phi) is 6.84. The summed E-state index contributed by atoms with van der Waals surface area (Å²) in [6.07, 6.45) is 3.41. The largest absolute Gasteiger partial charge is 0.494 e. The van der Waals surface area contributed by atoms with E-state index in [4.69, 9.17) is 4.74 Å². The number of hydrogen-bond acceptors (Lipinski definition) is 5. The minimum atomic E-state index is -2.95. The van der Waals surface area contributed by atoms with Crippen molar-refractivity contribution < 1.29 is 27.8 Å². The van der Waals surface area contributed by atoms with Gasteiger partial charge in [0, 0.05) is 0 Å². The maximum atomic E-state index is 12.9. The van der Waals surface area contributed by atoms with E-state index in [0.29, 0.717) is 17.7 Å². The van der Waals surface area contributed by atoms with Crippen molar-refractivity contribution >= 4 is 18.2 Å². The molecule has 1 atom stereocenters. The third-order valence-corrected chi connectivity index (χ3v) is 4.80. The molecule has 9 heteroatoms. The number of hydrazone groups is 1. The van der Waals surface area contributed by atoms with E-state index >= 15 is 0 Å². The molecule has 1 fully saturated rings. The summed E-state index contributed by atoms with van der Waals surface area (Å²) in [6, 6.07) is 11.9. The van der Waals surface area contributed by atoms with Gasteiger partial charge < -0.3 is 14.8 Å². The second-order valence-electron chi connectivity index (χ2n) is 7.09. The number of unbranched alkanes of at least 4 members (excludes halogenated alkanes) is 1. The van der Waals surface area contributed by atoms with Crippen molar-refractivity contribution in [3.8, 4) is 11.5 Å². The van der Waals surface area contributed by atoms with E-state index < -0.39 is 24.1 Å². The van der Waals surface area contributed by atoms with Gasteiger partial charge in [0.1, 0.15) is 17.0 Å². The SMILES string of the molecule is CCCCOc1ccc(/C=N/N2C(=O)NC(C)(c3ccc(OC(F)F)cc3)C2=O)cc1. The molecule has 1 heterocycles. The van der Waals surface area contributed by atoms with E-state index in [1.165, 1.54) is 37.4 Å². The number of alkyl halides is 2. The zero-order valence-electron chi connectivity index (χ0n) is 17.2. The van der Waals surface area contributed by atoms with Crippen LogP contribution in [0.3, 0.4) is 0 Å². The average Bonchev–Trinajstić information content (AvgIpc) is 2.96. The number of urea groups is 1. The van der Waals surface area contributed by atoms with Gasteiger partial charge in [0.2, 0.25) is 0 Å². The normalized spacial score (nSPS) is 18.7. The molecule has 2 aromatic rings. The summed E-state index contributed by atoms with van der Waals surface area (Å²) in [6.45, 7) is 1.30. The third kappa shape index (κ3) is 5.17. The van der Waals surface area contributed by atoms with Crippen LogP contribution in [0.2, 0.25) is 0 Å². The zero-order valence-corrected chi connectivity index (χ0v) is 17.2. The Morgan fingerprint density at radius 3 is 2.35 bits per heavy atom. The Labute approximate surface area is 178 Å². The number of benzene rings is 2. The number of carbonyl (C=O) groups excluding carboxylic acids is 2. The molecule has 164 valence electrons. The maximum absolute atomic E-state index is 12.9. The van der Waals surface area contributed by atoms with Crippen LogP contribution in [-0.4, -0.2) is 36.4 Å². The lowest BCUT2D eigenvalue weighted by atomic mass is 9.92. The number of rotatable bonds is 9. The molecule has 0 aliphatic carbocycles. The summed E-state index contributed by atoms with van der Waals surface area (Å²) in [5.74, 6) is 0.0966. The van der Waals surface area contributed by atoms with Crippen molar-refractivity contribution in [2.45, 2.75) is 38.8 Å². The third-order valence-electron chi connectivity index (χ3n) is 4.80. The zero-order chi connectivity index (χ0) is 22.4. The van der Waals surface area contributed by atoms with E-state index in [2.05, 4.69) is 22.1 Å². The summed E-state index contributed by atoms with van der Waals surface area (Å²) in [5, 5.41) is 7.36. The Bertz CT molecular complexity index is 948. The van der Waals surface area contributed by atoms with Gasteiger partial charge in [-0.3, -0.25) is 4.79 Å². The molecule has 3 amide bonds. The fourth-order valence-electron chi connectivity index (χ4n) is 3.00. The highest BCUT2D eigenvalue weighted by atomic mass is 19.3. The first kappa shape index (κ1) is 22.2. The number of nitrogens with one attached hydrogen (secondary N) is 1. The monoisotopic (exact) mass is 431 g/mol. The molecule has 1 saturated heterocycles. The molecule has 7 nitrogen and oxygen atoms in total. The summed E-state index contributed by atoms with van der Waals surface area (Å²) in [7, 11) is 0. The van der Waals surface area contributed by atoms with Crippen LogP contribution in [0, 0.1) is 0 Å². The van der Waals surface area contributed by atoms with E-state index in [1.54, 1.807) is 24.3 Å². The molecule has 2 aromatic carbocycles. The summed E-state index contributed by atoms with van der Waals surface area (Å²) >= 11 is 0. The molecule has 0 spiro atoms. The highest BCUT2D eigenvalue weighted by Crippen LogP contribution is 2.30. The molecule has 0 saturated carbocycles. The lowest BCUT2D eigenvalue weighted by Crippen LogP contribution is -2.40. The second kappa shape index (κ2) is 9.55. The van der Waals surface area contributed by atoms with Gasteiger partial charge in [0.15, 0.2) is 0 Å². The first-order valence-electron chi connectivity index (χ1n) is 9.82. The molecule has 0 bridgehead atoms. The predicted molar refractivity (Wildman–Crippen MR) is 110 cm³/mol. The highest BCUT2D eigenvalue weighted by Gasteiger charge is 2.49. The van der Waals surface area contributed by atoms with Crippen molar-refractivity contribution in [1.82, 2.24) is 10.3 Å². The quantitative estimate of drug-likeness (QED) is 0.365. The van der Waals surface area contributed by atoms with Crippen molar-refractivity contribution in [2.24, 2.45) is 5.10 Å². The number of amides is 3. The Morgan fingerprint density at radius 2 is 1.74 bits per heavy atom. The van der Waals surface area contributed by atoms with Gasteiger partial charge in [-0.1, -0.05) is 25.5 Å². The first-order chi connectivity index (χ1) is 14.8. The second-order valence-corrected chi connectivity index (χ2v) is 7.09. The minimum Gasteiger partial charge on any atom is -0.494 e. The van der Waals surface area contributed by atoms with Gasteiger partial charge in [-0.15, -0.1) is 5.01 Å². The van der Waals surface area contributed by atoms with Crippen molar-refractivity contribution in [3.63, 3.8) is 0 Å². The van der Waals surface area contributed by atoms with Crippen molar-refractivity contribution in [3.05, 3.63) is 59.7 Å². The molecule has 1 aliphatic rings. The summed E-state index contributed by atoms with van der Waals surface area (Å²) in [5.41, 5.74) is -0.279. The van der Waals surface area contributed by atoms with Crippen LogP contribution < -0.4 is 14.8 Å². The highest BCUT2D eigenvalue weighted by molar-refractivity contribution is 6.07. The van der Waals surface area contributed by atoms with Gasteiger partial charge in [0.05, 0.1) is 12.8 Å². The van der Waals surface area contributed by atoms with E-state index in [0.717, 1.165) is 23.6 Å². The topological polar surface area (TPSA) is 80.2 Å². The number of hydrogen-bond donors (Lipinski definition) is 1. The van der Waals surface area contributed by atoms with E-state index in [9.17, 15) is 18.4 Å².